The number of phosphoric ester groups is 1. The van der Waals surface area contributed by atoms with E-state index in [-0.39, 0.29) is 37.8 Å². The van der Waals surface area contributed by atoms with Crippen molar-refractivity contribution in [1.29, 1.82) is 0 Å². The van der Waals surface area contributed by atoms with Crippen LogP contribution in [-0.2, 0) is 37.5 Å². The van der Waals surface area contributed by atoms with Crippen molar-refractivity contribution in [3.63, 3.8) is 0 Å². The van der Waals surface area contributed by atoms with Crippen molar-refractivity contribution < 1.29 is 46.8 Å². The highest BCUT2D eigenvalue weighted by Gasteiger charge is 2.27. The molecule has 0 heterocycles. The number of unbranched alkanes of at least 4 members (excludes halogenated alkanes) is 25. The topological polar surface area (TPSA) is 125 Å². The van der Waals surface area contributed by atoms with Gasteiger partial charge in [-0.15, -0.1) is 0 Å². The SMILES string of the molecule is CCCCCCCCCCCCCCCCCCCCCC(=O)OC[C@H](COP(=O)(O)OCC[N+](C)(C)C)OC(=O)CCCCCCC/C=C\C=C\C(=O)CCCCC. The summed E-state index contributed by atoms with van der Waals surface area (Å²) in [4.78, 5) is 47.2. The van der Waals surface area contributed by atoms with Crippen molar-refractivity contribution in [3.8, 4) is 0 Å². The minimum Gasteiger partial charge on any atom is -0.462 e. The molecule has 1 unspecified atom stereocenters. The Morgan fingerprint density at radius 1 is 0.559 bits per heavy atom. The van der Waals surface area contributed by atoms with E-state index in [2.05, 4.69) is 19.9 Å². The third kappa shape index (κ3) is 44.0. The number of hydrogen-bond acceptors (Lipinski definition) is 8. The van der Waals surface area contributed by atoms with Crippen LogP contribution in [0.1, 0.15) is 213 Å². The predicted molar refractivity (Wildman–Crippen MR) is 243 cm³/mol. The number of ketones is 1. The first kappa shape index (κ1) is 57.2. The number of ether oxygens (including phenoxy) is 2. The number of carbonyl (C=O) groups is 3. The van der Waals surface area contributed by atoms with Crippen LogP contribution in [0.3, 0.4) is 0 Å². The van der Waals surface area contributed by atoms with Gasteiger partial charge in [0.2, 0.25) is 0 Å². The smallest absolute Gasteiger partial charge is 0.462 e. The summed E-state index contributed by atoms with van der Waals surface area (Å²) in [5.41, 5.74) is 0. The Kier molecular flexibility index (Phi) is 39.0. The maximum atomic E-state index is 12.7. The summed E-state index contributed by atoms with van der Waals surface area (Å²) in [6.45, 7) is 4.24. The molecule has 11 heteroatoms. The molecule has 1 N–H and O–H groups in total. The van der Waals surface area contributed by atoms with E-state index in [1.54, 1.807) is 6.08 Å². The lowest BCUT2D eigenvalue weighted by Crippen LogP contribution is -2.37. The van der Waals surface area contributed by atoms with Gasteiger partial charge in [-0.25, -0.2) is 4.57 Å². The molecule has 0 saturated heterocycles. The number of allylic oxidation sites excluding steroid dienone is 4. The van der Waals surface area contributed by atoms with E-state index in [0.717, 1.165) is 70.6 Å². The number of nitrogens with zero attached hydrogens (tertiary/aromatic N) is 1. The number of quaternary nitrogens is 1. The summed E-state index contributed by atoms with van der Waals surface area (Å²) >= 11 is 0. The lowest BCUT2D eigenvalue weighted by atomic mass is 10.0. The zero-order chi connectivity index (χ0) is 43.7. The number of phosphoric acid groups is 1. The Labute approximate surface area is 362 Å². The molecule has 0 aromatic carbocycles. The molecular formula is C48H91NO9P+. The summed E-state index contributed by atoms with van der Waals surface area (Å²) < 4.78 is 34.3. The molecule has 0 radical (unpaired) electrons. The average Bonchev–Trinajstić information content (AvgIpc) is 3.18. The normalized spacial score (nSPS) is 13.6. The van der Waals surface area contributed by atoms with E-state index in [9.17, 15) is 23.8 Å². The molecule has 59 heavy (non-hydrogen) atoms. The zero-order valence-electron chi connectivity index (χ0n) is 38.7. The Bertz CT molecular complexity index is 1120. The van der Waals surface area contributed by atoms with Crippen molar-refractivity contribution in [3.05, 3.63) is 24.3 Å². The molecule has 0 spiro atoms. The summed E-state index contributed by atoms with van der Waals surface area (Å²) in [5.74, 6) is -0.673. The van der Waals surface area contributed by atoms with Crippen LogP contribution in [0, 0.1) is 0 Å². The minimum absolute atomic E-state index is 0.0176. The van der Waals surface area contributed by atoms with Crippen LogP contribution in [-0.4, -0.2) is 80.7 Å². The van der Waals surface area contributed by atoms with E-state index >= 15 is 0 Å². The summed E-state index contributed by atoms with van der Waals surface area (Å²) in [7, 11) is 1.43. The molecule has 10 nitrogen and oxygen atoms in total. The number of rotatable bonds is 44. The largest absolute Gasteiger partial charge is 0.472 e. The minimum atomic E-state index is -4.39. The summed E-state index contributed by atoms with van der Waals surface area (Å²) in [6, 6.07) is 0. The second-order valence-corrected chi connectivity index (χ2v) is 19.0. The van der Waals surface area contributed by atoms with Crippen LogP contribution < -0.4 is 0 Å². The second-order valence-electron chi connectivity index (χ2n) is 17.5. The van der Waals surface area contributed by atoms with Crippen molar-refractivity contribution in [2.45, 2.75) is 219 Å². The van der Waals surface area contributed by atoms with Gasteiger partial charge in [-0.2, -0.15) is 0 Å². The van der Waals surface area contributed by atoms with E-state index in [4.69, 9.17) is 18.5 Å². The molecule has 0 aliphatic carbocycles. The van der Waals surface area contributed by atoms with Gasteiger partial charge in [-0.05, 0) is 38.2 Å². The standard InChI is InChI=1S/C48H90NO9P/c1-6-8-10-11-12-13-14-15-16-17-18-19-20-21-22-25-28-31-35-39-47(51)55-43-46(44-57-59(53,54)56-42-41-49(3,4)5)58-48(52)40-36-32-29-26-23-24-27-30-34-38-45(50)37-33-9-7-2/h27,30,34,38,46H,6-26,28-29,31-33,35-37,39-44H2,1-5H3/p+1/b30-27-,38-34+/t46-/m1/s1. The van der Waals surface area contributed by atoms with E-state index in [1.165, 1.54) is 103 Å². The van der Waals surface area contributed by atoms with E-state index in [1.807, 2.05) is 33.3 Å². The van der Waals surface area contributed by atoms with Gasteiger partial charge in [0.15, 0.2) is 11.9 Å². The Balaban J connectivity index is 4.32. The number of hydrogen-bond donors (Lipinski definition) is 1. The molecule has 0 aromatic rings. The van der Waals surface area contributed by atoms with Gasteiger partial charge in [0.05, 0.1) is 27.7 Å². The predicted octanol–water partition coefficient (Wildman–Crippen LogP) is 13.1. The molecule has 0 fully saturated rings. The maximum Gasteiger partial charge on any atom is 0.472 e. The third-order valence-electron chi connectivity index (χ3n) is 10.5. The summed E-state index contributed by atoms with van der Waals surface area (Å²) in [5, 5.41) is 0. The molecular weight excluding hydrogens is 765 g/mol. The van der Waals surface area contributed by atoms with Gasteiger partial charge in [0.25, 0.3) is 0 Å². The number of carbonyl (C=O) groups excluding carboxylic acids is 3. The summed E-state index contributed by atoms with van der Waals surface area (Å²) in [6.07, 6.45) is 40.6. The van der Waals surface area contributed by atoms with Crippen molar-refractivity contribution in [1.82, 2.24) is 0 Å². The molecule has 0 bridgehead atoms. The van der Waals surface area contributed by atoms with Gasteiger partial charge in [0.1, 0.15) is 19.8 Å². The zero-order valence-corrected chi connectivity index (χ0v) is 39.6. The highest BCUT2D eigenvalue weighted by Crippen LogP contribution is 2.43. The Morgan fingerprint density at radius 3 is 1.51 bits per heavy atom. The Hall–Kier alpha value is -1.84. The lowest BCUT2D eigenvalue weighted by Gasteiger charge is -2.24. The molecule has 2 atom stereocenters. The quantitative estimate of drug-likeness (QED) is 0.0159. The van der Waals surface area contributed by atoms with Crippen LogP contribution in [0.15, 0.2) is 24.3 Å². The van der Waals surface area contributed by atoms with E-state index in [0.29, 0.717) is 23.9 Å². The van der Waals surface area contributed by atoms with Crippen LogP contribution in [0.25, 0.3) is 0 Å². The van der Waals surface area contributed by atoms with E-state index < -0.39 is 26.5 Å². The lowest BCUT2D eigenvalue weighted by molar-refractivity contribution is -0.870. The monoisotopic (exact) mass is 857 g/mol. The first-order valence-electron chi connectivity index (χ1n) is 24.0. The van der Waals surface area contributed by atoms with Gasteiger partial charge >= 0.3 is 19.8 Å². The highest BCUT2D eigenvalue weighted by atomic mass is 31.2. The van der Waals surface area contributed by atoms with Crippen molar-refractivity contribution in [2.24, 2.45) is 0 Å². The maximum absolute atomic E-state index is 12.7. The Morgan fingerprint density at radius 2 is 1.00 bits per heavy atom. The molecule has 0 rings (SSSR count). The highest BCUT2D eigenvalue weighted by molar-refractivity contribution is 7.47. The average molecular weight is 857 g/mol. The molecule has 0 aliphatic heterocycles. The first-order valence-corrected chi connectivity index (χ1v) is 25.5. The van der Waals surface area contributed by atoms with Crippen LogP contribution in [0.2, 0.25) is 0 Å². The van der Waals surface area contributed by atoms with Gasteiger partial charge in [-0.1, -0.05) is 180 Å². The van der Waals surface area contributed by atoms with Gasteiger partial charge < -0.3 is 18.9 Å². The number of likely N-dealkylation sites (N-methyl/N-ethyl adjacent to an activating group) is 1. The first-order chi connectivity index (χ1) is 28.4. The third-order valence-corrected chi connectivity index (χ3v) is 11.4. The molecule has 0 amide bonds. The van der Waals surface area contributed by atoms with Gasteiger partial charge in [-0.3, -0.25) is 23.4 Å². The fourth-order valence-corrected chi connectivity index (χ4v) is 7.39. The van der Waals surface area contributed by atoms with Gasteiger partial charge in [0, 0.05) is 19.3 Å². The molecule has 346 valence electrons. The fraction of sp³-hybridized carbons (Fsp3) is 0.854. The molecule has 0 aliphatic rings. The second kappa shape index (κ2) is 40.2. The fourth-order valence-electron chi connectivity index (χ4n) is 6.64. The van der Waals surface area contributed by atoms with Crippen LogP contribution >= 0.6 is 7.82 Å². The number of esters is 2. The van der Waals surface area contributed by atoms with Crippen LogP contribution in [0.4, 0.5) is 0 Å². The molecule has 0 saturated carbocycles. The molecule has 0 aromatic heterocycles. The van der Waals surface area contributed by atoms with Crippen molar-refractivity contribution in [2.75, 3.05) is 47.5 Å². The van der Waals surface area contributed by atoms with Crippen molar-refractivity contribution >= 4 is 25.5 Å². The van der Waals surface area contributed by atoms with Crippen LogP contribution in [0.5, 0.6) is 0 Å².